The van der Waals surface area contributed by atoms with E-state index in [9.17, 15) is 0 Å². The predicted molar refractivity (Wildman–Crippen MR) is 30.1 cm³/mol. The minimum atomic E-state index is -0.290. The Balaban J connectivity index is 3.45. The van der Waals surface area contributed by atoms with Crippen molar-refractivity contribution in [2.45, 2.75) is 6.42 Å². The Morgan fingerprint density at radius 1 is 1.50 bits per heavy atom. The highest BCUT2D eigenvalue weighted by atomic mass is 35.5. The highest BCUT2D eigenvalue weighted by molar-refractivity contribution is 6.18. The smallest absolute Gasteiger partial charge is 0.0728 e. The molecule has 0 heterocycles. The fraction of sp³-hybridized carbons (Fsp3) is 0.600. The van der Waals surface area contributed by atoms with Crippen molar-refractivity contribution in [3.8, 4) is 12.1 Å². The lowest BCUT2D eigenvalue weighted by Crippen LogP contribution is -1.95. The van der Waals surface area contributed by atoms with Crippen molar-refractivity contribution in [1.82, 2.24) is 0 Å². The molecule has 0 bridgehead atoms. The number of rotatable bonds is 2. The first kappa shape index (κ1) is 7.27. The van der Waals surface area contributed by atoms with Gasteiger partial charge in [0.1, 0.15) is 0 Å². The fourth-order valence-corrected chi connectivity index (χ4v) is 0.423. The topological polar surface area (TPSA) is 47.6 Å². The lowest BCUT2D eigenvalue weighted by atomic mass is 10.1. The zero-order valence-electron chi connectivity index (χ0n) is 4.26. The molecule has 0 saturated heterocycles. The van der Waals surface area contributed by atoms with Gasteiger partial charge in [-0.15, -0.1) is 11.6 Å². The Morgan fingerprint density at radius 2 is 2.12 bits per heavy atom. The summed E-state index contributed by atoms with van der Waals surface area (Å²) in [5.41, 5.74) is 0. The van der Waals surface area contributed by atoms with Crippen LogP contribution in [-0.2, 0) is 0 Å². The van der Waals surface area contributed by atoms with Crippen LogP contribution in [-0.4, -0.2) is 5.88 Å². The van der Waals surface area contributed by atoms with Crippen molar-refractivity contribution in [3.05, 3.63) is 0 Å². The van der Waals surface area contributed by atoms with Crippen LogP contribution in [0.1, 0.15) is 6.42 Å². The van der Waals surface area contributed by atoms with E-state index in [0.717, 1.165) is 0 Å². The van der Waals surface area contributed by atoms with E-state index in [1.54, 1.807) is 0 Å². The maximum absolute atomic E-state index is 8.17. The Bertz CT molecular complexity index is 130. The zero-order valence-corrected chi connectivity index (χ0v) is 5.02. The monoisotopic (exact) mass is 128 g/mol. The van der Waals surface area contributed by atoms with E-state index in [4.69, 9.17) is 22.1 Å². The molecule has 8 heavy (non-hydrogen) atoms. The summed E-state index contributed by atoms with van der Waals surface area (Å²) >= 11 is 5.27. The molecule has 2 nitrogen and oxygen atoms in total. The minimum absolute atomic E-state index is 0.236. The van der Waals surface area contributed by atoms with Gasteiger partial charge < -0.3 is 0 Å². The number of hydrogen-bond acceptors (Lipinski definition) is 2. The van der Waals surface area contributed by atoms with Gasteiger partial charge in [-0.2, -0.15) is 10.5 Å². The van der Waals surface area contributed by atoms with Crippen LogP contribution in [0.4, 0.5) is 0 Å². The number of nitriles is 2. The van der Waals surface area contributed by atoms with Gasteiger partial charge in [0, 0.05) is 5.88 Å². The molecule has 1 unspecified atom stereocenters. The summed E-state index contributed by atoms with van der Waals surface area (Å²) in [5.74, 6) is -0.0361. The zero-order chi connectivity index (χ0) is 6.41. The average molecular weight is 129 g/mol. The number of hydrogen-bond donors (Lipinski definition) is 0. The summed E-state index contributed by atoms with van der Waals surface area (Å²) < 4.78 is 0. The molecule has 0 aromatic carbocycles. The molecule has 0 amide bonds. The van der Waals surface area contributed by atoms with Crippen molar-refractivity contribution in [3.63, 3.8) is 0 Å². The molecule has 0 saturated carbocycles. The number of halogens is 1. The minimum Gasteiger partial charge on any atom is -0.198 e. The summed E-state index contributed by atoms with van der Waals surface area (Å²) in [6, 6.07) is 3.76. The first-order valence-electron chi connectivity index (χ1n) is 2.17. The molecule has 0 aromatic rings. The quantitative estimate of drug-likeness (QED) is 0.526. The standard InChI is InChI=1S/C5H5ClN2/c6-3-5(4-8)1-2-7/h5H,1,3H2. The van der Waals surface area contributed by atoms with Gasteiger partial charge in [0.05, 0.1) is 24.5 Å². The van der Waals surface area contributed by atoms with Gasteiger partial charge >= 0.3 is 0 Å². The normalized spacial score (nSPS) is 11.4. The lowest BCUT2D eigenvalue weighted by molar-refractivity contribution is 0.777. The third-order valence-corrected chi connectivity index (χ3v) is 1.08. The maximum atomic E-state index is 8.17. The van der Waals surface area contributed by atoms with Crippen molar-refractivity contribution >= 4 is 11.6 Å². The van der Waals surface area contributed by atoms with E-state index < -0.39 is 0 Å². The third kappa shape index (κ3) is 2.44. The second-order valence-corrected chi connectivity index (χ2v) is 1.65. The van der Waals surface area contributed by atoms with Crippen LogP contribution in [0.25, 0.3) is 0 Å². The van der Waals surface area contributed by atoms with Crippen molar-refractivity contribution < 1.29 is 0 Å². The molecule has 0 radical (unpaired) electrons. The molecule has 0 rings (SSSR count). The van der Waals surface area contributed by atoms with Gasteiger partial charge in [0.15, 0.2) is 0 Å². The molecule has 0 aliphatic carbocycles. The Kier molecular flexibility index (Phi) is 4.03. The molecule has 0 aromatic heterocycles. The molecule has 0 spiro atoms. The summed E-state index contributed by atoms with van der Waals surface area (Å²) in [7, 11) is 0. The highest BCUT2D eigenvalue weighted by Crippen LogP contribution is 2.00. The van der Waals surface area contributed by atoms with Gasteiger partial charge in [0.25, 0.3) is 0 Å². The first-order chi connectivity index (χ1) is 3.85. The van der Waals surface area contributed by atoms with E-state index in [0.29, 0.717) is 0 Å². The summed E-state index contributed by atoms with van der Waals surface area (Å²) in [4.78, 5) is 0. The number of nitrogens with zero attached hydrogens (tertiary/aromatic N) is 2. The molecular weight excluding hydrogens is 124 g/mol. The van der Waals surface area contributed by atoms with E-state index in [1.807, 2.05) is 12.1 Å². The van der Waals surface area contributed by atoms with Gasteiger partial charge in [-0.25, -0.2) is 0 Å². The fourth-order valence-electron chi connectivity index (χ4n) is 0.245. The second kappa shape index (κ2) is 4.43. The van der Waals surface area contributed by atoms with Crippen LogP contribution >= 0.6 is 11.6 Å². The van der Waals surface area contributed by atoms with E-state index in [1.165, 1.54) is 0 Å². The van der Waals surface area contributed by atoms with Gasteiger partial charge in [-0.1, -0.05) is 0 Å². The Hall–Kier alpha value is -0.730. The Labute approximate surface area is 53.3 Å². The van der Waals surface area contributed by atoms with Crippen molar-refractivity contribution in [1.29, 1.82) is 10.5 Å². The molecule has 3 heteroatoms. The van der Waals surface area contributed by atoms with Crippen LogP contribution in [0.5, 0.6) is 0 Å². The van der Waals surface area contributed by atoms with Gasteiger partial charge in [-0.3, -0.25) is 0 Å². The van der Waals surface area contributed by atoms with Crippen LogP contribution < -0.4 is 0 Å². The highest BCUT2D eigenvalue weighted by Gasteiger charge is 2.01. The average Bonchev–Trinajstić information content (AvgIpc) is 1.83. The summed E-state index contributed by atoms with van der Waals surface area (Å²) in [6.07, 6.45) is 0.236. The first-order valence-corrected chi connectivity index (χ1v) is 2.71. The molecule has 0 N–H and O–H groups in total. The van der Waals surface area contributed by atoms with Crippen LogP contribution in [0.3, 0.4) is 0 Å². The third-order valence-electron chi connectivity index (χ3n) is 0.707. The molecule has 42 valence electrons. The van der Waals surface area contributed by atoms with Gasteiger partial charge in [-0.05, 0) is 0 Å². The molecule has 1 atom stereocenters. The Morgan fingerprint density at radius 3 is 2.25 bits per heavy atom. The lowest BCUT2D eigenvalue weighted by Gasteiger charge is -1.91. The van der Waals surface area contributed by atoms with Gasteiger partial charge in [0.2, 0.25) is 0 Å². The predicted octanol–water partition coefficient (Wildman–Crippen LogP) is 1.28. The van der Waals surface area contributed by atoms with E-state index in [2.05, 4.69) is 0 Å². The summed E-state index contributed by atoms with van der Waals surface area (Å²) in [5, 5.41) is 16.2. The molecule has 0 aliphatic heterocycles. The van der Waals surface area contributed by atoms with Crippen molar-refractivity contribution in [2.75, 3.05) is 5.88 Å². The largest absolute Gasteiger partial charge is 0.198 e. The summed E-state index contributed by atoms with van der Waals surface area (Å²) in [6.45, 7) is 0. The number of alkyl halides is 1. The van der Waals surface area contributed by atoms with E-state index >= 15 is 0 Å². The van der Waals surface area contributed by atoms with Crippen molar-refractivity contribution in [2.24, 2.45) is 5.92 Å². The van der Waals surface area contributed by atoms with E-state index in [-0.39, 0.29) is 18.2 Å². The maximum Gasteiger partial charge on any atom is 0.0728 e. The van der Waals surface area contributed by atoms with Crippen LogP contribution in [0, 0.1) is 28.6 Å². The SMILES string of the molecule is N#CCC(C#N)CCl. The molecule has 0 aliphatic rings. The van der Waals surface area contributed by atoms with Crippen LogP contribution in [0.2, 0.25) is 0 Å². The van der Waals surface area contributed by atoms with Crippen LogP contribution in [0.15, 0.2) is 0 Å². The molecular formula is C5H5ClN2. The molecule has 0 fully saturated rings. The second-order valence-electron chi connectivity index (χ2n) is 1.34.